The molecule has 1 rings (SSSR count). The van der Waals surface area contributed by atoms with Gasteiger partial charge in [-0.2, -0.15) is 13.2 Å². The van der Waals surface area contributed by atoms with Gasteiger partial charge in [-0.05, 0) is 12.8 Å². The molecule has 0 aromatic rings. The second-order valence-corrected chi connectivity index (χ2v) is 4.51. The lowest BCUT2D eigenvalue weighted by atomic mass is 9.85. The lowest BCUT2D eigenvalue weighted by molar-refractivity contribution is -0.175. The topological polar surface area (TPSA) is 58.6 Å². The van der Waals surface area contributed by atoms with Gasteiger partial charge in [-0.3, -0.25) is 4.79 Å². The summed E-state index contributed by atoms with van der Waals surface area (Å²) in [6.45, 7) is -2.04. The Kier molecular flexibility index (Phi) is 5.87. The van der Waals surface area contributed by atoms with Crippen LogP contribution in [0.5, 0.6) is 0 Å². The van der Waals surface area contributed by atoms with Crippen molar-refractivity contribution in [3.8, 4) is 0 Å². The minimum atomic E-state index is -4.42. The molecular weight excluding hydrogens is 251 g/mol. The van der Waals surface area contributed by atoms with E-state index in [-0.39, 0.29) is 18.6 Å². The maximum Gasteiger partial charge on any atom is 0.411 e. The molecular formula is C11H18F3NO3. The predicted molar refractivity (Wildman–Crippen MR) is 57.8 cm³/mol. The normalized spacial score (nSPS) is 24.9. The Morgan fingerprint density at radius 1 is 1.33 bits per heavy atom. The zero-order valence-corrected chi connectivity index (χ0v) is 10.0. The van der Waals surface area contributed by atoms with Crippen LogP contribution in [0.15, 0.2) is 0 Å². The maximum atomic E-state index is 11.8. The summed E-state index contributed by atoms with van der Waals surface area (Å²) in [4.78, 5) is 11.4. The quantitative estimate of drug-likeness (QED) is 0.789. The summed E-state index contributed by atoms with van der Waals surface area (Å²) in [5, 5.41) is 11.7. The van der Waals surface area contributed by atoms with Gasteiger partial charge in [0.05, 0.1) is 0 Å². The van der Waals surface area contributed by atoms with E-state index in [0.717, 1.165) is 25.7 Å². The Balaban J connectivity index is 2.26. The monoisotopic (exact) mass is 269 g/mol. The van der Waals surface area contributed by atoms with Gasteiger partial charge in [-0.25, -0.2) is 0 Å². The van der Waals surface area contributed by atoms with E-state index in [2.05, 4.69) is 10.1 Å². The molecule has 0 bridgehead atoms. The van der Waals surface area contributed by atoms with Gasteiger partial charge in [0.2, 0.25) is 5.91 Å². The number of amides is 1. The Morgan fingerprint density at radius 3 is 2.61 bits per heavy atom. The van der Waals surface area contributed by atoms with Crippen LogP contribution in [0.1, 0.15) is 25.7 Å². The smallest absolute Gasteiger partial charge is 0.396 e. The first-order valence-corrected chi connectivity index (χ1v) is 5.97. The highest BCUT2D eigenvalue weighted by molar-refractivity contribution is 5.77. The Morgan fingerprint density at radius 2 is 2.00 bits per heavy atom. The maximum absolute atomic E-state index is 11.8. The van der Waals surface area contributed by atoms with E-state index in [1.807, 2.05) is 0 Å². The van der Waals surface area contributed by atoms with E-state index in [9.17, 15) is 18.0 Å². The summed E-state index contributed by atoms with van der Waals surface area (Å²) in [7, 11) is 0. The molecule has 4 nitrogen and oxygen atoms in total. The molecule has 7 heteroatoms. The van der Waals surface area contributed by atoms with Gasteiger partial charge >= 0.3 is 6.18 Å². The molecule has 0 heterocycles. The lowest BCUT2D eigenvalue weighted by Gasteiger charge is -2.30. The van der Waals surface area contributed by atoms with Crippen molar-refractivity contribution in [3.63, 3.8) is 0 Å². The van der Waals surface area contributed by atoms with Crippen molar-refractivity contribution in [2.75, 3.05) is 19.8 Å². The number of hydrogen-bond acceptors (Lipinski definition) is 3. The molecule has 1 fully saturated rings. The standard InChI is InChI=1S/C11H18F3NO3/c12-11(13,14)7-18-6-10(17)15-9-4-2-1-3-8(9)5-16/h8-9,16H,1-7H2,(H,15,17). The minimum absolute atomic E-state index is 0.00897. The average Bonchev–Trinajstić information content (AvgIpc) is 2.28. The number of aliphatic hydroxyl groups excluding tert-OH is 1. The van der Waals surface area contributed by atoms with Crippen molar-refractivity contribution >= 4 is 5.91 Å². The number of carbonyl (C=O) groups is 1. The molecule has 2 N–H and O–H groups in total. The zero-order valence-electron chi connectivity index (χ0n) is 10.0. The predicted octanol–water partition coefficient (Wildman–Crippen LogP) is 1.23. The third-order valence-corrected chi connectivity index (χ3v) is 2.99. The minimum Gasteiger partial charge on any atom is -0.396 e. The van der Waals surface area contributed by atoms with Crippen molar-refractivity contribution in [3.05, 3.63) is 0 Å². The van der Waals surface area contributed by atoms with Gasteiger partial charge in [-0.15, -0.1) is 0 Å². The zero-order chi connectivity index (χ0) is 13.6. The van der Waals surface area contributed by atoms with Gasteiger partial charge in [0.25, 0.3) is 0 Å². The van der Waals surface area contributed by atoms with Gasteiger partial charge in [-0.1, -0.05) is 12.8 Å². The third kappa shape index (κ3) is 5.68. The van der Waals surface area contributed by atoms with E-state index in [1.54, 1.807) is 0 Å². The largest absolute Gasteiger partial charge is 0.411 e. The van der Waals surface area contributed by atoms with Crippen LogP contribution in [0, 0.1) is 5.92 Å². The van der Waals surface area contributed by atoms with E-state index >= 15 is 0 Å². The highest BCUT2D eigenvalue weighted by atomic mass is 19.4. The summed E-state index contributed by atoms with van der Waals surface area (Å²) < 4.78 is 39.6. The molecule has 0 aromatic carbocycles. The van der Waals surface area contributed by atoms with Gasteiger partial charge in [0.15, 0.2) is 0 Å². The fraction of sp³-hybridized carbons (Fsp3) is 0.909. The molecule has 0 aliphatic heterocycles. The SMILES string of the molecule is O=C(COCC(F)(F)F)NC1CCCCC1CO. The fourth-order valence-corrected chi connectivity index (χ4v) is 2.12. The molecule has 0 aromatic heterocycles. The summed E-state index contributed by atoms with van der Waals surface area (Å²) >= 11 is 0. The number of halogens is 3. The Bertz CT molecular complexity index is 271. The molecule has 0 radical (unpaired) electrons. The molecule has 106 valence electrons. The number of alkyl halides is 3. The fourth-order valence-electron chi connectivity index (χ4n) is 2.12. The number of rotatable bonds is 5. The van der Waals surface area contributed by atoms with Crippen LogP contribution in [-0.4, -0.2) is 43.1 Å². The van der Waals surface area contributed by atoms with Crippen LogP contribution in [0.3, 0.4) is 0 Å². The van der Waals surface area contributed by atoms with Crippen molar-refractivity contribution in [1.29, 1.82) is 0 Å². The number of hydrogen-bond donors (Lipinski definition) is 2. The van der Waals surface area contributed by atoms with Crippen molar-refractivity contribution < 1.29 is 27.8 Å². The van der Waals surface area contributed by atoms with Crippen LogP contribution in [0.2, 0.25) is 0 Å². The Labute approximate surface area is 103 Å². The molecule has 0 saturated heterocycles. The van der Waals surface area contributed by atoms with Gasteiger partial charge in [0.1, 0.15) is 13.2 Å². The highest BCUT2D eigenvalue weighted by Gasteiger charge is 2.29. The first-order valence-electron chi connectivity index (χ1n) is 5.97. The Hall–Kier alpha value is -0.820. The van der Waals surface area contributed by atoms with Crippen LogP contribution >= 0.6 is 0 Å². The van der Waals surface area contributed by atoms with E-state index < -0.39 is 25.3 Å². The average molecular weight is 269 g/mol. The molecule has 1 aliphatic carbocycles. The van der Waals surface area contributed by atoms with Gasteiger partial charge in [0, 0.05) is 18.6 Å². The lowest BCUT2D eigenvalue weighted by Crippen LogP contribution is -2.45. The van der Waals surface area contributed by atoms with E-state index in [1.165, 1.54) is 0 Å². The number of ether oxygens (including phenoxy) is 1. The molecule has 1 aliphatic rings. The van der Waals surface area contributed by atoms with Gasteiger partial charge < -0.3 is 15.2 Å². The molecule has 1 amide bonds. The third-order valence-electron chi connectivity index (χ3n) is 2.99. The second-order valence-electron chi connectivity index (χ2n) is 4.51. The van der Waals surface area contributed by atoms with Crippen LogP contribution < -0.4 is 5.32 Å². The molecule has 1 saturated carbocycles. The number of carbonyl (C=O) groups excluding carboxylic acids is 1. The molecule has 0 spiro atoms. The molecule has 2 atom stereocenters. The number of nitrogens with one attached hydrogen (secondary N) is 1. The summed E-state index contributed by atoms with van der Waals surface area (Å²) in [6.07, 6.45) is -0.896. The molecule has 2 unspecified atom stereocenters. The van der Waals surface area contributed by atoms with Crippen molar-refractivity contribution in [1.82, 2.24) is 5.32 Å². The summed E-state index contributed by atoms with van der Waals surface area (Å²) in [6, 6.07) is -0.161. The van der Waals surface area contributed by atoms with Crippen LogP contribution in [-0.2, 0) is 9.53 Å². The van der Waals surface area contributed by atoms with E-state index in [4.69, 9.17) is 5.11 Å². The highest BCUT2D eigenvalue weighted by Crippen LogP contribution is 2.23. The van der Waals surface area contributed by atoms with Crippen LogP contribution in [0.25, 0.3) is 0 Å². The second kappa shape index (κ2) is 6.94. The number of aliphatic hydroxyl groups is 1. The molecule has 18 heavy (non-hydrogen) atoms. The van der Waals surface area contributed by atoms with Crippen molar-refractivity contribution in [2.24, 2.45) is 5.92 Å². The summed E-state index contributed by atoms with van der Waals surface area (Å²) in [5.41, 5.74) is 0. The summed E-state index contributed by atoms with van der Waals surface area (Å²) in [5.74, 6) is -0.574. The first-order chi connectivity index (χ1) is 8.42. The van der Waals surface area contributed by atoms with E-state index in [0.29, 0.717) is 0 Å². The van der Waals surface area contributed by atoms with Crippen molar-refractivity contribution in [2.45, 2.75) is 37.9 Å². The first kappa shape index (κ1) is 15.2. The van der Waals surface area contributed by atoms with Crippen LogP contribution in [0.4, 0.5) is 13.2 Å².